The number of amidine groups is 1. The number of aromatic nitrogens is 2. The summed E-state index contributed by atoms with van der Waals surface area (Å²) in [6, 6.07) is 21.3. The Morgan fingerprint density at radius 3 is 2.17 bits per heavy atom. The van der Waals surface area contributed by atoms with Crippen molar-refractivity contribution in [1.29, 1.82) is 5.41 Å². The number of amides is 3. The van der Waals surface area contributed by atoms with Crippen molar-refractivity contribution < 1.29 is 33.0 Å². The summed E-state index contributed by atoms with van der Waals surface area (Å²) in [5.41, 5.74) is 10.8. The SMILES string of the molecule is CC(C)c1cc(C(=N)N(C(N)=O)c2ccc(CN3CCN(CC4CCC(c5nc6c(c(N7CCN(C(=O)C(F)(F)F)CC7)n5)CCN(c5cccc7cccc(Cl)c57)C6)CC4)CC3)cc2)c(O)cc1O. The van der Waals surface area contributed by atoms with E-state index in [1.165, 1.54) is 12.1 Å². The molecule has 70 heavy (non-hydrogen) atoms. The second-order valence-corrected chi connectivity index (χ2v) is 19.9. The van der Waals surface area contributed by atoms with Gasteiger partial charge < -0.3 is 35.5 Å². The smallest absolute Gasteiger partial charge is 0.471 e. The first-order valence-electron chi connectivity index (χ1n) is 24.2. The normalized spacial score (nSPS) is 19.4. The summed E-state index contributed by atoms with van der Waals surface area (Å²) < 4.78 is 40.1. The van der Waals surface area contributed by atoms with E-state index in [1.807, 2.05) is 44.2 Å². The first kappa shape index (κ1) is 48.8. The number of fused-ring (bicyclic) bond motifs is 2. The average molecular weight is 982 g/mol. The van der Waals surface area contributed by atoms with Crippen LogP contribution in [0.5, 0.6) is 11.5 Å². The number of halogens is 4. The zero-order valence-electron chi connectivity index (χ0n) is 39.6. The van der Waals surface area contributed by atoms with Crippen LogP contribution in [0.1, 0.15) is 85.1 Å². The van der Waals surface area contributed by atoms with E-state index in [9.17, 15) is 33.0 Å². The molecule has 4 aromatic carbocycles. The summed E-state index contributed by atoms with van der Waals surface area (Å²) in [5, 5.41) is 32.4. The summed E-state index contributed by atoms with van der Waals surface area (Å²) in [6.07, 6.45) is -0.282. The van der Waals surface area contributed by atoms with Gasteiger partial charge in [-0.3, -0.25) is 15.1 Å². The number of phenols is 2. The first-order valence-corrected chi connectivity index (χ1v) is 24.6. The van der Waals surface area contributed by atoms with Gasteiger partial charge in [-0.05, 0) is 90.8 Å². The minimum Gasteiger partial charge on any atom is -0.508 e. The van der Waals surface area contributed by atoms with Gasteiger partial charge in [0.15, 0.2) is 0 Å². The summed E-state index contributed by atoms with van der Waals surface area (Å²) >= 11 is 6.77. The Labute approximate surface area is 410 Å². The maximum absolute atomic E-state index is 13.4. The van der Waals surface area contributed by atoms with Crippen LogP contribution in [0.2, 0.25) is 5.02 Å². The number of urea groups is 1. The van der Waals surface area contributed by atoms with Gasteiger partial charge in [0.2, 0.25) is 0 Å². The summed E-state index contributed by atoms with van der Waals surface area (Å²) in [5.74, 6) is -0.318. The molecule has 370 valence electrons. The Morgan fingerprint density at radius 2 is 1.51 bits per heavy atom. The Morgan fingerprint density at radius 1 is 0.843 bits per heavy atom. The van der Waals surface area contributed by atoms with Gasteiger partial charge >= 0.3 is 18.1 Å². The molecule has 3 fully saturated rings. The maximum atomic E-state index is 13.4. The number of phenolic OH excluding ortho intramolecular Hbond substituents is 2. The van der Waals surface area contributed by atoms with E-state index in [1.54, 1.807) is 12.1 Å². The Kier molecular flexibility index (Phi) is 14.1. The highest BCUT2D eigenvalue weighted by Gasteiger charge is 2.43. The molecule has 3 aliphatic heterocycles. The molecule has 9 rings (SSSR count). The lowest BCUT2D eigenvalue weighted by molar-refractivity contribution is -0.185. The molecule has 0 atom stereocenters. The van der Waals surface area contributed by atoms with E-state index in [4.69, 9.17) is 32.7 Å². The van der Waals surface area contributed by atoms with Gasteiger partial charge in [0.05, 0.1) is 28.5 Å². The number of carbonyl (C=O) groups excluding carboxylic acids is 2. The second-order valence-electron chi connectivity index (χ2n) is 19.5. The number of piperazine rings is 2. The number of aromatic hydroxyl groups is 2. The molecule has 18 heteroatoms. The van der Waals surface area contributed by atoms with Gasteiger partial charge in [0.25, 0.3) is 0 Å². The van der Waals surface area contributed by atoms with E-state index < -0.39 is 18.1 Å². The maximum Gasteiger partial charge on any atom is 0.471 e. The van der Waals surface area contributed by atoms with Gasteiger partial charge in [-0.15, -0.1) is 0 Å². The van der Waals surface area contributed by atoms with E-state index in [0.717, 1.165) is 120 Å². The zero-order valence-corrected chi connectivity index (χ0v) is 40.3. The average Bonchev–Trinajstić information content (AvgIpc) is 3.34. The number of carbonyl (C=O) groups is 2. The molecule has 0 bridgehead atoms. The number of primary amides is 1. The minimum absolute atomic E-state index is 0.0274. The van der Waals surface area contributed by atoms with E-state index in [0.29, 0.717) is 41.7 Å². The highest BCUT2D eigenvalue weighted by atomic mass is 35.5. The molecule has 4 aliphatic rings. The van der Waals surface area contributed by atoms with Crippen molar-refractivity contribution in [3.8, 4) is 11.5 Å². The van der Waals surface area contributed by atoms with Gasteiger partial charge in [-0.1, -0.05) is 61.8 Å². The van der Waals surface area contributed by atoms with Crippen molar-refractivity contribution in [1.82, 2.24) is 24.7 Å². The fraction of sp³-hybridized carbons (Fsp3) is 0.442. The molecule has 5 N–H and O–H groups in total. The summed E-state index contributed by atoms with van der Waals surface area (Å²) in [7, 11) is 0. The third-order valence-electron chi connectivity index (χ3n) is 14.6. The van der Waals surface area contributed by atoms with Crippen LogP contribution in [-0.4, -0.2) is 124 Å². The molecule has 14 nitrogen and oxygen atoms in total. The Balaban J connectivity index is 0.819. The van der Waals surface area contributed by atoms with Crippen LogP contribution in [0.4, 0.5) is 35.2 Å². The predicted molar refractivity (Wildman–Crippen MR) is 266 cm³/mol. The number of anilines is 3. The highest BCUT2D eigenvalue weighted by Crippen LogP contribution is 2.40. The Bertz CT molecular complexity index is 2750. The third-order valence-corrected chi connectivity index (χ3v) is 14.9. The number of rotatable bonds is 10. The number of hydrogen-bond donors (Lipinski definition) is 4. The van der Waals surface area contributed by atoms with E-state index >= 15 is 0 Å². The van der Waals surface area contributed by atoms with E-state index in [-0.39, 0.29) is 60.9 Å². The van der Waals surface area contributed by atoms with Gasteiger partial charge in [-0.25, -0.2) is 19.7 Å². The van der Waals surface area contributed by atoms with Crippen LogP contribution >= 0.6 is 11.6 Å². The monoisotopic (exact) mass is 980 g/mol. The Hall–Kier alpha value is -6.17. The molecule has 3 amide bonds. The molecule has 0 radical (unpaired) electrons. The topological polar surface area (TPSA) is 170 Å². The lowest BCUT2D eigenvalue weighted by Crippen LogP contribution is -2.53. The molecule has 5 aromatic rings. The number of benzene rings is 4. The number of alkyl halides is 3. The molecule has 1 aliphatic carbocycles. The molecule has 0 unspecified atom stereocenters. The van der Waals surface area contributed by atoms with Crippen molar-refractivity contribution in [3.63, 3.8) is 0 Å². The van der Waals surface area contributed by atoms with Crippen molar-refractivity contribution in [2.75, 3.05) is 80.1 Å². The number of hydrogen-bond acceptors (Lipinski definition) is 11. The summed E-state index contributed by atoms with van der Waals surface area (Å²) in [4.78, 5) is 46.5. The van der Waals surface area contributed by atoms with Crippen LogP contribution in [0.25, 0.3) is 10.8 Å². The van der Waals surface area contributed by atoms with Crippen molar-refractivity contribution >= 4 is 57.3 Å². The van der Waals surface area contributed by atoms with Crippen molar-refractivity contribution in [3.05, 3.63) is 112 Å². The molecular formula is C52H60ClF3N10O4. The number of nitrogens with two attached hydrogens (primary N) is 1. The summed E-state index contributed by atoms with van der Waals surface area (Å²) in [6.45, 7) is 10.9. The van der Waals surface area contributed by atoms with Crippen LogP contribution in [0, 0.1) is 11.3 Å². The van der Waals surface area contributed by atoms with Gasteiger partial charge in [0.1, 0.15) is 29.0 Å². The fourth-order valence-corrected chi connectivity index (χ4v) is 11.0. The zero-order chi connectivity index (χ0) is 49.4. The largest absolute Gasteiger partial charge is 0.508 e. The molecule has 4 heterocycles. The van der Waals surface area contributed by atoms with Gasteiger partial charge in [-0.2, -0.15) is 13.2 Å². The van der Waals surface area contributed by atoms with Crippen LogP contribution in [0.15, 0.2) is 72.8 Å². The van der Waals surface area contributed by atoms with Crippen molar-refractivity contribution in [2.24, 2.45) is 11.7 Å². The third kappa shape index (κ3) is 10.3. The van der Waals surface area contributed by atoms with Gasteiger partial charge in [0, 0.05) is 101 Å². The second kappa shape index (κ2) is 20.3. The van der Waals surface area contributed by atoms with Crippen LogP contribution < -0.4 is 20.4 Å². The fourth-order valence-electron chi connectivity index (χ4n) is 10.8. The lowest BCUT2D eigenvalue weighted by Gasteiger charge is -2.39. The van der Waals surface area contributed by atoms with E-state index in [2.05, 4.69) is 37.8 Å². The quantitative estimate of drug-likeness (QED) is 0.0786. The highest BCUT2D eigenvalue weighted by molar-refractivity contribution is 6.36. The lowest BCUT2D eigenvalue weighted by atomic mass is 9.81. The number of nitrogens with one attached hydrogen (secondary N) is 1. The number of nitrogens with zero attached hydrogens (tertiary/aromatic N) is 8. The van der Waals surface area contributed by atoms with Crippen LogP contribution in [0.3, 0.4) is 0 Å². The standard InChI is InChI=1S/C52H60ClF3N10O4/c1-32(2)39-27-40(45(68)28-44(39)67)47(57)66(51(58)70)37-15-11-34(12-16-37)30-62-21-19-61(20-22-62)29-33-9-13-36(14-10-33)48-59-42-31-65(43-8-4-6-35-5-3-7-41(53)46(35)43)18-17-38(42)49(60-48)63-23-25-64(26-24-63)50(69)52(54,55)56/h3-8,11-12,15-16,27-28,32-33,36,57,67-68H,9-10,13-14,17-26,29-31H2,1-2H3,(H2,58,70). The molecular weight excluding hydrogens is 921 g/mol. The molecule has 1 saturated carbocycles. The minimum atomic E-state index is -4.91. The molecule has 2 saturated heterocycles. The first-order chi connectivity index (χ1) is 33.5. The predicted octanol–water partition coefficient (Wildman–Crippen LogP) is 8.59. The van der Waals surface area contributed by atoms with Crippen LogP contribution in [-0.2, 0) is 24.3 Å². The molecule has 0 spiro atoms. The molecule has 1 aromatic heterocycles. The van der Waals surface area contributed by atoms with Crippen molar-refractivity contribution in [2.45, 2.75) is 77.1 Å².